The first-order valence-electron chi connectivity index (χ1n) is 10.4. The Morgan fingerprint density at radius 2 is 1.29 bits per heavy atom. The van der Waals surface area contributed by atoms with Gasteiger partial charge in [0.1, 0.15) is 6.54 Å². The minimum Gasteiger partial charge on any atom is -0.726 e. The van der Waals surface area contributed by atoms with Crippen LogP contribution in [0.4, 0.5) is 0 Å². The predicted octanol–water partition coefficient (Wildman–Crippen LogP) is 2.14. The highest BCUT2D eigenvalue weighted by atomic mass is 32.3. The van der Waals surface area contributed by atoms with E-state index in [1.54, 1.807) is 0 Å². The van der Waals surface area contributed by atoms with E-state index in [1.807, 2.05) is 0 Å². The lowest BCUT2D eigenvalue weighted by molar-refractivity contribution is -0.915. The van der Waals surface area contributed by atoms with Crippen LogP contribution in [0.5, 0.6) is 0 Å². The van der Waals surface area contributed by atoms with Crippen molar-refractivity contribution in [2.45, 2.75) is 83.8 Å². The fourth-order valence-corrected chi connectivity index (χ4v) is 3.12. The van der Waals surface area contributed by atoms with Gasteiger partial charge in [-0.05, 0) is 12.8 Å². The number of likely N-dealkylation sites (N-methyl/N-ethyl adjacent to an activating group) is 1. The molecule has 0 spiro atoms. The SMILES string of the molecule is CCCCCCCCCCCC[N+](C)(CCCO)CC(O)O.COS(=O)(=O)[O-]. The van der Waals surface area contributed by atoms with E-state index in [4.69, 9.17) is 5.11 Å². The standard InChI is InChI=1S/C18H40NO3.CH4O4S/c1-3-4-5-6-7-8-9-10-11-12-14-19(2,15-13-16-20)17-18(21)22;1-5-6(2,3)4/h18,20-22H,3-17H2,1-2H3;1H3,(H,2,3,4)/q+1;/p-1. The summed E-state index contributed by atoms with van der Waals surface area (Å²) in [5, 5.41) is 27.4. The first-order chi connectivity index (χ1) is 13.1. The highest BCUT2D eigenvalue weighted by molar-refractivity contribution is 7.80. The second-order valence-electron chi connectivity index (χ2n) is 7.56. The van der Waals surface area contributed by atoms with Crippen LogP contribution in [0.2, 0.25) is 0 Å². The number of unbranched alkanes of at least 4 members (excludes halogenated alkanes) is 9. The lowest BCUT2D eigenvalue weighted by atomic mass is 10.1. The third-order valence-electron chi connectivity index (χ3n) is 4.72. The van der Waals surface area contributed by atoms with Gasteiger partial charge in [0.05, 0.1) is 27.2 Å². The molecule has 0 aromatic rings. The van der Waals surface area contributed by atoms with E-state index in [2.05, 4.69) is 18.2 Å². The Balaban J connectivity index is 0. The Morgan fingerprint density at radius 3 is 1.64 bits per heavy atom. The van der Waals surface area contributed by atoms with Gasteiger partial charge in [-0.1, -0.05) is 58.3 Å². The zero-order valence-corrected chi connectivity index (χ0v) is 18.8. The molecule has 172 valence electrons. The van der Waals surface area contributed by atoms with Gasteiger partial charge < -0.3 is 24.4 Å². The van der Waals surface area contributed by atoms with Crippen molar-refractivity contribution in [3.63, 3.8) is 0 Å². The smallest absolute Gasteiger partial charge is 0.217 e. The van der Waals surface area contributed by atoms with Gasteiger partial charge in [0, 0.05) is 13.0 Å². The maximum absolute atomic E-state index is 9.23. The van der Waals surface area contributed by atoms with Gasteiger partial charge in [0.25, 0.3) is 0 Å². The molecular weight excluding hydrogens is 386 g/mol. The highest BCUT2D eigenvalue weighted by Crippen LogP contribution is 2.13. The van der Waals surface area contributed by atoms with E-state index in [-0.39, 0.29) is 6.61 Å². The van der Waals surface area contributed by atoms with Crippen LogP contribution in [0.3, 0.4) is 0 Å². The third-order valence-corrected chi connectivity index (χ3v) is 5.12. The minimum atomic E-state index is -4.41. The van der Waals surface area contributed by atoms with Crippen LogP contribution in [0, 0.1) is 0 Å². The topological polar surface area (TPSA) is 127 Å². The van der Waals surface area contributed by atoms with Crippen molar-refractivity contribution < 1.29 is 37.0 Å². The lowest BCUT2D eigenvalue weighted by Gasteiger charge is -2.35. The van der Waals surface area contributed by atoms with Crippen molar-refractivity contribution >= 4 is 10.4 Å². The Morgan fingerprint density at radius 1 is 0.893 bits per heavy atom. The second-order valence-corrected chi connectivity index (χ2v) is 8.71. The summed E-state index contributed by atoms with van der Waals surface area (Å²) in [5.74, 6) is 0. The summed E-state index contributed by atoms with van der Waals surface area (Å²) < 4.78 is 31.7. The van der Waals surface area contributed by atoms with Gasteiger partial charge in [0.2, 0.25) is 16.7 Å². The molecule has 0 aliphatic heterocycles. The Hall–Kier alpha value is -0.290. The molecule has 1 atom stereocenters. The van der Waals surface area contributed by atoms with Crippen LogP contribution < -0.4 is 0 Å². The molecule has 0 aliphatic rings. The summed E-state index contributed by atoms with van der Waals surface area (Å²) >= 11 is 0. The van der Waals surface area contributed by atoms with E-state index in [0.717, 1.165) is 33.0 Å². The van der Waals surface area contributed by atoms with Crippen LogP contribution >= 0.6 is 0 Å². The van der Waals surface area contributed by atoms with Gasteiger partial charge in [-0.15, -0.1) is 0 Å². The van der Waals surface area contributed by atoms with Crippen LogP contribution in [-0.2, 0) is 14.6 Å². The van der Waals surface area contributed by atoms with Gasteiger partial charge in [-0.25, -0.2) is 8.42 Å². The van der Waals surface area contributed by atoms with E-state index in [0.29, 0.717) is 11.0 Å². The number of nitrogens with zero attached hydrogens (tertiary/aromatic N) is 1. The Bertz CT molecular complexity index is 432. The molecule has 0 saturated heterocycles. The van der Waals surface area contributed by atoms with Crippen LogP contribution in [0.15, 0.2) is 0 Å². The lowest BCUT2D eigenvalue weighted by Crippen LogP contribution is -2.50. The number of rotatable bonds is 17. The number of quaternary nitrogens is 1. The monoisotopic (exact) mass is 429 g/mol. The molecule has 0 aliphatic carbocycles. The summed E-state index contributed by atoms with van der Waals surface area (Å²) in [5.41, 5.74) is 0. The third kappa shape index (κ3) is 23.7. The maximum atomic E-state index is 9.23. The second kappa shape index (κ2) is 18.7. The molecule has 0 radical (unpaired) electrons. The highest BCUT2D eigenvalue weighted by Gasteiger charge is 2.23. The number of hydrogen-bond donors (Lipinski definition) is 3. The predicted molar refractivity (Wildman–Crippen MR) is 109 cm³/mol. The summed E-state index contributed by atoms with van der Waals surface area (Å²) in [7, 11) is -1.55. The molecule has 8 nitrogen and oxygen atoms in total. The van der Waals surface area contributed by atoms with Crippen LogP contribution in [0.25, 0.3) is 0 Å². The molecule has 0 bridgehead atoms. The number of aliphatic hydroxyl groups excluding tert-OH is 2. The molecule has 0 heterocycles. The quantitative estimate of drug-likeness (QED) is 0.106. The summed E-state index contributed by atoms with van der Waals surface area (Å²) in [6.45, 7) is 4.56. The van der Waals surface area contributed by atoms with Gasteiger partial charge in [-0.2, -0.15) is 0 Å². The van der Waals surface area contributed by atoms with Gasteiger partial charge in [0.15, 0.2) is 0 Å². The van der Waals surface area contributed by atoms with E-state index >= 15 is 0 Å². The molecule has 0 saturated carbocycles. The molecule has 9 heteroatoms. The largest absolute Gasteiger partial charge is 0.726 e. The van der Waals surface area contributed by atoms with Crippen molar-refractivity contribution in [2.75, 3.05) is 40.4 Å². The zero-order chi connectivity index (χ0) is 21.9. The molecule has 28 heavy (non-hydrogen) atoms. The molecule has 0 rings (SSSR count). The molecule has 0 amide bonds. The first kappa shape index (κ1) is 29.9. The van der Waals surface area contributed by atoms with Crippen molar-refractivity contribution in [1.29, 1.82) is 0 Å². The Labute approximate surface area is 172 Å². The van der Waals surface area contributed by atoms with E-state index in [1.165, 1.54) is 57.8 Å². The summed E-state index contributed by atoms with van der Waals surface area (Å²) in [6, 6.07) is 0. The zero-order valence-electron chi connectivity index (χ0n) is 18.0. The molecular formula is C19H43NO7S. The van der Waals surface area contributed by atoms with Crippen molar-refractivity contribution in [2.24, 2.45) is 0 Å². The molecule has 0 aromatic carbocycles. The number of aliphatic hydroxyl groups is 3. The van der Waals surface area contributed by atoms with Crippen LogP contribution in [-0.4, -0.2) is 79.5 Å². The normalized spacial score (nSPS) is 13.9. The van der Waals surface area contributed by atoms with Crippen molar-refractivity contribution in [1.82, 2.24) is 0 Å². The van der Waals surface area contributed by atoms with Crippen molar-refractivity contribution in [3.05, 3.63) is 0 Å². The van der Waals surface area contributed by atoms with Gasteiger partial charge in [-0.3, -0.25) is 4.18 Å². The minimum absolute atomic E-state index is 0.174. The maximum Gasteiger partial charge on any atom is 0.217 e. The summed E-state index contributed by atoms with van der Waals surface area (Å²) in [6.07, 6.45) is 12.6. The molecule has 1 unspecified atom stereocenters. The fourth-order valence-electron chi connectivity index (χ4n) is 3.12. The fraction of sp³-hybridized carbons (Fsp3) is 1.00. The van der Waals surface area contributed by atoms with E-state index < -0.39 is 16.7 Å². The van der Waals surface area contributed by atoms with Crippen LogP contribution in [0.1, 0.15) is 77.6 Å². The molecule has 0 aromatic heterocycles. The average molecular weight is 430 g/mol. The molecule has 3 N–H and O–H groups in total. The summed E-state index contributed by atoms with van der Waals surface area (Å²) in [4.78, 5) is 0. The van der Waals surface area contributed by atoms with Crippen molar-refractivity contribution in [3.8, 4) is 0 Å². The molecule has 0 fully saturated rings. The van der Waals surface area contributed by atoms with E-state index in [9.17, 15) is 23.2 Å². The average Bonchev–Trinajstić information content (AvgIpc) is 2.61. The Kier molecular flexibility index (Phi) is 20.0. The first-order valence-corrected chi connectivity index (χ1v) is 11.8. The van der Waals surface area contributed by atoms with Gasteiger partial charge >= 0.3 is 0 Å². The number of hydrogen-bond acceptors (Lipinski definition) is 7.